The van der Waals surface area contributed by atoms with Gasteiger partial charge in [-0.3, -0.25) is 0 Å². The van der Waals surface area contributed by atoms with E-state index in [0.29, 0.717) is 25.0 Å². The summed E-state index contributed by atoms with van der Waals surface area (Å²) in [6.07, 6.45) is 8.71. The van der Waals surface area contributed by atoms with Crippen molar-refractivity contribution in [2.45, 2.75) is 201 Å². The summed E-state index contributed by atoms with van der Waals surface area (Å²) in [6, 6.07) is 2.15. The van der Waals surface area contributed by atoms with Gasteiger partial charge in [0.25, 0.3) is 0 Å². The molecular formula is C39H76O5Si3. The lowest BCUT2D eigenvalue weighted by Crippen LogP contribution is -2.48. The Labute approximate surface area is 294 Å². The molecule has 1 aromatic rings. The van der Waals surface area contributed by atoms with Crippen molar-refractivity contribution < 1.29 is 22.8 Å². The third-order valence-corrected chi connectivity index (χ3v) is 23.2. The lowest BCUT2D eigenvalue weighted by atomic mass is 9.57. The molecule has 5 atom stereocenters. The van der Waals surface area contributed by atoms with Crippen molar-refractivity contribution in [2.75, 3.05) is 0 Å². The van der Waals surface area contributed by atoms with Gasteiger partial charge in [0, 0.05) is 11.5 Å². The van der Waals surface area contributed by atoms with E-state index in [4.69, 9.17) is 17.7 Å². The molecule has 2 saturated carbocycles. The Balaban J connectivity index is 1.86. The van der Waals surface area contributed by atoms with Crippen LogP contribution in [0.3, 0.4) is 0 Å². The third kappa shape index (κ3) is 9.56. The maximum atomic E-state index is 12.8. The van der Waals surface area contributed by atoms with E-state index in [1.54, 1.807) is 0 Å². The third-order valence-electron chi connectivity index (χ3n) is 13.1. The van der Waals surface area contributed by atoms with E-state index in [9.17, 15) is 5.11 Å². The molecular weight excluding hydrogens is 633 g/mol. The minimum absolute atomic E-state index is 0.0608. The van der Waals surface area contributed by atoms with Gasteiger partial charge < -0.3 is 22.8 Å². The number of aliphatic hydroxyl groups is 1. The average Bonchev–Trinajstić information content (AvgIpc) is 3.45. The molecule has 0 amide bonds. The predicted octanol–water partition coefficient (Wildman–Crippen LogP) is 12.2. The number of furan rings is 1. The van der Waals surface area contributed by atoms with Crippen LogP contribution in [0.4, 0.5) is 0 Å². The van der Waals surface area contributed by atoms with E-state index in [-0.39, 0.29) is 27.0 Å². The molecule has 0 aliphatic heterocycles. The SMILES string of the molecule is C[C@H](CCCC(C)(C)O[Si](C)(C)C)[C@H]1CC[C@H]2C(O)(c3cc(CO[Si](C)(C)C(C)(C)C)c(CO[Si](C)(C)C(C)(C)C)o3)CCC[C@]12C. The van der Waals surface area contributed by atoms with Gasteiger partial charge in [-0.25, -0.2) is 0 Å². The summed E-state index contributed by atoms with van der Waals surface area (Å²) in [7, 11) is -5.56. The van der Waals surface area contributed by atoms with E-state index in [1.165, 1.54) is 25.7 Å². The quantitative estimate of drug-likeness (QED) is 0.195. The monoisotopic (exact) mass is 709 g/mol. The van der Waals surface area contributed by atoms with Crippen molar-refractivity contribution in [1.82, 2.24) is 0 Å². The maximum absolute atomic E-state index is 12.8. The van der Waals surface area contributed by atoms with Gasteiger partial charge in [0.1, 0.15) is 17.1 Å². The number of rotatable bonds is 14. The van der Waals surface area contributed by atoms with E-state index in [0.717, 1.165) is 42.8 Å². The molecule has 274 valence electrons. The standard InChI is InChI=1S/C39H76O5Si3/c1-29(20-18-23-37(8,9)44-45(11,12)13)31-21-22-33-38(31,10)24-19-25-39(33,40)34-26-30(27-41-46(14,15)35(2,3)4)32(43-34)28-42-47(16,17)36(5,6)7/h26,29,31,33,40H,18-25,27-28H2,1-17H3/t29-,31-,33-,38-,39?/m1/s1. The zero-order chi connectivity index (χ0) is 36.1. The average molecular weight is 709 g/mol. The molecule has 47 heavy (non-hydrogen) atoms. The van der Waals surface area contributed by atoms with Crippen molar-refractivity contribution in [3.05, 3.63) is 23.2 Å². The van der Waals surface area contributed by atoms with Gasteiger partial charge >= 0.3 is 0 Å². The number of hydrogen-bond acceptors (Lipinski definition) is 5. The highest BCUT2D eigenvalue weighted by molar-refractivity contribution is 6.74. The molecule has 2 aliphatic carbocycles. The van der Waals surface area contributed by atoms with Crippen molar-refractivity contribution in [3.63, 3.8) is 0 Å². The van der Waals surface area contributed by atoms with E-state index in [2.05, 4.69) is 121 Å². The fraction of sp³-hybridized carbons (Fsp3) is 0.897. The normalized spacial score (nSPS) is 27.3. The fourth-order valence-corrected chi connectivity index (χ4v) is 12.0. The van der Waals surface area contributed by atoms with Crippen LogP contribution in [0, 0.1) is 23.2 Å². The second-order valence-corrected chi connectivity index (χ2v) is 34.6. The van der Waals surface area contributed by atoms with Crippen molar-refractivity contribution >= 4 is 25.0 Å². The molecule has 2 fully saturated rings. The Morgan fingerprint density at radius 1 is 0.872 bits per heavy atom. The van der Waals surface area contributed by atoms with Crippen LogP contribution >= 0.6 is 0 Å². The van der Waals surface area contributed by atoms with Crippen LogP contribution in [0.15, 0.2) is 10.5 Å². The topological polar surface area (TPSA) is 61.1 Å². The molecule has 0 saturated heterocycles. The van der Waals surface area contributed by atoms with Gasteiger partial charge in [-0.05, 0) is 132 Å². The molecule has 1 aromatic heterocycles. The molecule has 5 nitrogen and oxygen atoms in total. The minimum Gasteiger partial charge on any atom is -0.460 e. The van der Waals surface area contributed by atoms with Gasteiger partial charge in [0.05, 0.1) is 18.8 Å². The van der Waals surface area contributed by atoms with Crippen LogP contribution in [0.1, 0.15) is 138 Å². The van der Waals surface area contributed by atoms with Crippen molar-refractivity contribution in [3.8, 4) is 0 Å². The molecule has 1 heterocycles. The molecule has 0 bridgehead atoms. The summed E-state index contributed by atoms with van der Waals surface area (Å²) in [4.78, 5) is 0. The van der Waals surface area contributed by atoms with Gasteiger partial charge in [0.15, 0.2) is 25.0 Å². The fourth-order valence-electron chi connectivity index (χ4n) is 8.34. The van der Waals surface area contributed by atoms with Crippen LogP contribution in [0.25, 0.3) is 0 Å². The molecule has 0 spiro atoms. The van der Waals surface area contributed by atoms with Gasteiger partial charge in [0.2, 0.25) is 0 Å². The summed E-state index contributed by atoms with van der Waals surface area (Å²) >= 11 is 0. The zero-order valence-electron chi connectivity index (χ0n) is 34.0. The van der Waals surface area contributed by atoms with Crippen LogP contribution < -0.4 is 0 Å². The lowest BCUT2D eigenvalue weighted by molar-refractivity contribution is -0.127. The van der Waals surface area contributed by atoms with Crippen molar-refractivity contribution in [2.24, 2.45) is 23.2 Å². The molecule has 8 heteroatoms. The Morgan fingerprint density at radius 3 is 1.96 bits per heavy atom. The first-order valence-corrected chi connectivity index (χ1v) is 28.1. The molecule has 0 radical (unpaired) electrons. The highest BCUT2D eigenvalue weighted by Crippen LogP contribution is 2.64. The summed E-state index contributed by atoms with van der Waals surface area (Å²) < 4.78 is 26.7. The smallest absolute Gasteiger partial charge is 0.192 e. The van der Waals surface area contributed by atoms with E-state index >= 15 is 0 Å². The van der Waals surface area contributed by atoms with Gasteiger partial charge in [-0.1, -0.05) is 68.2 Å². The second kappa shape index (κ2) is 14.1. The number of fused-ring (bicyclic) bond motifs is 1. The second-order valence-electron chi connectivity index (χ2n) is 20.5. The zero-order valence-corrected chi connectivity index (χ0v) is 37.0. The highest BCUT2D eigenvalue weighted by Gasteiger charge is 2.59. The highest BCUT2D eigenvalue weighted by atomic mass is 28.4. The summed E-state index contributed by atoms with van der Waals surface area (Å²) in [5.74, 6) is 3.01. The summed E-state index contributed by atoms with van der Waals surface area (Å²) in [6.45, 7) is 40.2. The van der Waals surface area contributed by atoms with Crippen LogP contribution in [0.5, 0.6) is 0 Å². The summed E-state index contributed by atoms with van der Waals surface area (Å²) in [5, 5.41) is 13.0. The Hall–Kier alpha value is -0.229. The Bertz CT molecular complexity index is 1140. The first-order chi connectivity index (χ1) is 21.0. The molecule has 1 N–H and O–H groups in total. The van der Waals surface area contributed by atoms with Gasteiger partial charge in [-0.2, -0.15) is 0 Å². The van der Waals surface area contributed by atoms with Crippen molar-refractivity contribution in [1.29, 1.82) is 0 Å². The molecule has 0 aromatic carbocycles. The Morgan fingerprint density at radius 2 is 1.43 bits per heavy atom. The van der Waals surface area contributed by atoms with Crippen LogP contribution in [-0.4, -0.2) is 35.7 Å². The maximum Gasteiger partial charge on any atom is 0.192 e. The van der Waals surface area contributed by atoms with Crippen LogP contribution in [0.2, 0.25) is 55.9 Å². The first kappa shape index (κ1) is 41.2. The number of hydrogen-bond donors (Lipinski definition) is 1. The lowest BCUT2D eigenvalue weighted by Gasteiger charge is -2.50. The Kier molecular flexibility index (Phi) is 12.3. The molecule has 3 rings (SSSR count). The molecule has 2 aliphatic rings. The predicted molar refractivity (Wildman–Crippen MR) is 206 cm³/mol. The molecule has 1 unspecified atom stereocenters. The van der Waals surface area contributed by atoms with E-state index in [1.807, 2.05) is 0 Å². The first-order valence-electron chi connectivity index (χ1n) is 18.9. The van der Waals surface area contributed by atoms with Crippen LogP contribution in [-0.2, 0) is 32.1 Å². The van der Waals surface area contributed by atoms with Gasteiger partial charge in [-0.15, -0.1) is 0 Å². The summed E-state index contributed by atoms with van der Waals surface area (Å²) in [5.41, 5.74) is 0.124. The largest absolute Gasteiger partial charge is 0.460 e. The van der Waals surface area contributed by atoms with E-state index < -0.39 is 30.6 Å². The minimum atomic E-state index is -2.00.